The van der Waals surface area contributed by atoms with Crippen molar-refractivity contribution in [3.8, 4) is 11.8 Å². The minimum atomic E-state index is -3.00. The van der Waals surface area contributed by atoms with E-state index in [-0.39, 0.29) is 22.9 Å². The van der Waals surface area contributed by atoms with Gasteiger partial charge >= 0.3 is 6.61 Å². The van der Waals surface area contributed by atoms with Crippen LogP contribution in [0, 0.1) is 11.3 Å². The van der Waals surface area contributed by atoms with E-state index < -0.39 is 12.5 Å². The first-order chi connectivity index (χ1) is 11.6. The second kappa shape index (κ2) is 6.67. The molecule has 0 unspecified atom stereocenters. The number of amides is 1. The van der Waals surface area contributed by atoms with Crippen molar-refractivity contribution in [1.29, 1.82) is 5.26 Å². The molecular weight excluding hydrogens is 314 g/mol. The highest BCUT2D eigenvalue weighted by Crippen LogP contribution is 2.31. The van der Waals surface area contributed by atoms with Gasteiger partial charge in [0.1, 0.15) is 17.4 Å². The van der Waals surface area contributed by atoms with E-state index in [1.807, 2.05) is 18.2 Å². The fraction of sp³-hybridized carbons (Fsp3) is 0.222. The molecule has 0 aliphatic heterocycles. The Labute approximate surface area is 137 Å². The second-order valence-electron chi connectivity index (χ2n) is 5.49. The maximum absolute atomic E-state index is 12.7. The number of nitrogens with one attached hydrogen (secondary N) is 1. The normalized spacial score (nSPS) is 14.5. The summed E-state index contributed by atoms with van der Waals surface area (Å²) in [5.74, 6) is -0.577. The maximum Gasteiger partial charge on any atom is 0.387 e. The number of carbonyl (C=O) groups excluding carboxylic acids is 1. The van der Waals surface area contributed by atoms with Crippen molar-refractivity contribution in [1.82, 2.24) is 5.32 Å². The van der Waals surface area contributed by atoms with E-state index in [1.165, 1.54) is 12.1 Å². The summed E-state index contributed by atoms with van der Waals surface area (Å²) >= 11 is 0. The molecule has 1 N–H and O–H groups in total. The fourth-order valence-electron chi connectivity index (χ4n) is 2.41. The minimum Gasteiger partial charge on any atom is -0.434 e. The van der Waals surface area contributed by atoms with Crippen molar-refractivity contribution < 1.29 is 18.3 Å². The van der Waals surface area contributed by atoms with Gasteiger partial charge in [0, 0.05) is 11.6 Å². The number of nitriles is 1. The molecule has 0 saturated heterocycles. The Morgan fingerprint density at radius 2 is 2.04 bits per heavy atom. The zero-order valence-corrected chi connectivity index (χ0v) is 12.6. The van der Waals surface area contributed by atoms with Gasteiger partial charge in [-0.25, -0.2) is 0 Å². The Bertz CT molecular complexity index is 852. The third-order valence-electron chi connectivity index (χ3n) is 3.71. The van der Waals surface area contributed by atoms with Gasteiger partial charge in [0.05, 0.1) is 0 Å². The molecule has 0 radical (unpaired) electrons. The zero-order valence-electron chi connectivity index (χ0n) is 12.6. The number of ether oxygens (including phenoxy) is 1. The van der Waals surface area contributed by atoms with Crippen molar-refractivity contribution in [2.45, 2.75) is 25.5 Å². The second-order valence-corrected chi connectivity index (χ2v) is 5.49. The molecule has 122 valence electrons. The number of benzene rings is 2. The van der Waals surface area contributed by atoms with Crippen LogP contribution in [0.1, 0.15) is 18.4 Å². The van der Waals surface area contributed by atoms with E-state index >= 15 is 0 Å². The van der Waals surface area contributed by atoms with Crippen molar-refractivity contribution in [3.63, 3.8) is 0 Å². The Hall–Kier alpha value is -2.94. The Morgan fingerprint density at radius 1 is 1.29 bits per heavy atom. The van der Waals surface area contributed by atoms with Gasteiger partial charge < -0.3 is 10.1 Å². The third kappa shape index (κ3) is 3.51. The molecule has 0 bridgehead atoms. The largest absolute Gasteiger partial charge is 0.434 e. The van der Waals surface area contributed by atoms with Crippen LogP contribution in [0.2, 0.25) is 0 Å². The first kappa shape index (κ1) is 15.9. The summed E-state index contributed by atoms with van der Waals surface area (Å²) in [6.07, 6.45) is 3.08. The Morgan fingerprint density at radius 3 is 2.71 bits per heavy atom. The highest BCUT2D eigenvalue weighted by molar-refractivity contribution is 6.05. The lowest BCUT2D eigenvalue weighted by atomic mass is 10.0. The SMILES string of the molecule is N#C/C(=C\c1c(OC(F)F)ccc2ccccc12)C(=O)NC1CC1. The molecule has 1 amide bonds. The van der Waals surface area contributed by atoms with E-state index in [2.05, 4.69) is 10.1 Å². The van der Waals surface area contributed by atoms with Gasteiger partial charge in [-0.05, 0) is 35.8 Å². The predicted octanol–water partition coefficient (Wildman–Crippen LogP) is 3.63. The fourth-order valence-corrected chi connectivity index (χ4v) is 2.41. The van der Waals surface area contributed by atoms with Gasteiger partial charge in [0.2, 0.25) is 0 Å². The number of carbonyl (C=O) groups is 1. The summed E-state index contributed by atoms with van der Waals surface area (Å²) in [5, 5.41) is 13.4. The summed E-state index contributed by atoms with van der Waals surface area (Å²) in [6.45, 7) is -3.00. The van der Waals surface area contributed by atoms with Crippen LogP contribution in [-0.2, 0) is 4.79 Å². The molecule has 3 rings (SSSR count). The van der Waals surface area contributed by atoms with Crippen LogP contribution in [0.25, 0.3) is 16.8 Å². The van der Waals surface area contributed by atoms with Crippen LogP contribution < -0.4 is 10.1 Å². The lowest BCUT2D eigenvalue weighted by molar-refractivity contribution is -0.117. The average Bonchev–Trinajstić information content (AvgIpc) is 3.37. The van der Waals surface area contributed by atoms with E-state index in [1.54, 1.807) is 18.2 Å². The summed E-state index contributed by atoms with van der Waals surface area (Å²) in [5.41, 5.74) is 0.147. The molecule has 1 fully saturated rings. The van der Waals surface area contributed by atoms with Gasteiger partial charge in [-0.2, -0.15) is 14.0 Å². The van der Waals surface area contributed by atoms with Crippen LogP contribution in [0.5, 0.6) is 5.75 Å². The number of hydrogen-bond acceptors (Lipinski definition) is 3. The number of hydrogen-bond donors (Lipinski definition) is 1. The van der Waals surface area contributed by atoms with Gasteiger partial charge in [0.25, 0.3) is 5.91 Å². The van der Waals surface area contributed by atoms with Gasteiger partial charge in [-0.15, -0.1) is 0 Å². The molecule has 0 heterocycles. The highest BCUT2D eigenvalue weighted by Gasteiger charge is 2.25. The van der Waals surface area contributed by atoms with Crippen LogP contribution in [-0.4, -0.2) is 18.6 Å². The van der Waals surface area contributed by atoms with E-state index in [0.717, 1.165) is 18.2 Å². The van der Waals surface area contributed by atoms with E-state index in [0.29, 0.717) is 5.39 Å². The number of nitrogens with zero attached hydrogens (tertiary/aromatic N) is 1. The van der Waals surface area contributed by atoms with Crippen molar-refractivity contribution in [2.24, 2.45) is 0 Å². The van der Waals surface area contributed by atoms with Crippen molar-refractivity contribution in [3.05, 3.63) is 47.5 Å². The molecule has 6 heteroatoms. The van der Waals surface area contributed by atoms with Crippen LogP contribution >= 0.6 is 0 Å². The topological polar surface area (TPSA) is 62.1 Å². The quantitative estimate of drug-likeness (QED) is 0.673. The first-order valence-corrected chi connectivity index (χ1v) is 7.47. The summed E-state index contributed by atoms with van der Waals surface area (Å²) < 4.78 is 29.9. The lowest BCUT2D eigenvalue weighted by Crippen LogP contribution is -2.26. The van der Waals surface area contributed by atoms with Gasteiger partial charge in [0.15, 0.2) is 0 Å². The molecule has 0 atom stereocenters. The van der Waals surface area contributed by atoms with Crippen LogP contribution in [0.4, 0.5) is 8.78 Å². The highest BCUT2D eigenvalue weighted by atomic mass is 19.3. The Balaban J connectivity index is 2.08. The smallest absolute Gasteiger partial charge is 0.387 e. The summed E-state index contributed by atoms with van der Waals surface area (Å²) in [4.78, 5) is 12.1. The molecule has 1 saturated carbocycles. The number of rotatable bonds is 5. The molecule has 4 nitrogen and oxygen atoms in total. The van der Waals surface area contributed by atoms with E-state index in [4.69, 9.17) is 0 Å². The van der Waals surface area contributed by atoms with Gasteiger partial charge in [-0.3, -0.25) is 4.79 Å². The molecule has 2 aromatic carbocycles. The Kier molecular flexibility index (Phi) is 4.43. The molecule has 1 aliphatic carbocycles. The first-order valence-electron chi connectivity index (χ1n) is 7.47. The predicted molar refractivity (Wildman–Crippen MR) is 85.3 cm³/mol. The molecule has 0 aromatic heterocycles. The average molecular weight is 328 g/mol. The molecular formula is C18H14F2N2O2. The molecule has 1 aliphatic rings. The molecule has 2 aromatic rings. The monoisotopic (exact) mass is 328 g/mol. The molecule has 0 spiro atoms. The van der Waals surface area contributed by atoms with Crippen LogP contribution in [0.15, 0.2) is 42.0 Å². The van der Waals surface area contributed by atoms with Crippen molar-refractivity contribution in [2.75, 3.05) is 0 Å². The number of halogens is 2. The third-order valence-corrected chi connectivity index (χ3v) is 3.71. The van der Waals surface area contributed by atoms with E-state index in [9.17, 15) is 18.8 Å². The number of fused-ring (bicyclic) bond motifs is 1. The maximum atomic E-state index is 12.7. The van der Waals surface area contributed by atoms with Gasteiger partial charge in [-0.1, -0.05) is 30.3 Å². The molecule has 24 heavy (non-hydrogen) atoms. The number of alkyl halides is 2. The zero-order chi connectivity index (χ0) is 17.1. The minimum absolute atomic E-state index is 0.0735. The summed E-state index contributed by atoms with van der Waals surface area (Å²) in [7, 11) is 0. The van der Waals surface area contributed by atoms with Crippen molar-refractivity contribution >= 4 is 22.8 Å². The summed E-state index contributed by atoms with van der Waals surface area (Å²) in [6, 6.07) is 12.1. The lowest BCUT2D eigenvalue weighted by Gasteiger charge is -2.11. The van der Waals surface area contributed by atoms with Crippen LogP contribution in [0.3, 0.4) is 0 Å². The standard InChI is InChI=1S/C18H14F2N2O2/c19-18(20)24-16-8-5-11-3-1-2-4-14(11)15(16)9-12(10-21)17(23)22-13-6-7-13/h1-5,8-9,13,18H,6-7H2,(H,22,23)/b12-9+.